The van der Waals surface area contributed by atoms with Crippen molar-refractivity contribution in [3.63, 3.8) is 0 Å². The molecule has 9 heteroatoms. The molecule has 0 radical (unpaired) electrons. The maximum absolute atomic E-state index is 10.5. The summed E-state index contributed by atoms with van der Waals surface area (Å²) >= 11 is 1.40. The molecule has 1 aliphatic heterocycles. The molecule has 5 atom stereocenters. The molecule has 0 amide bonds. The highest BCUT2D eigenvalue weighted by atomic mass is 32.2. The molecule has 0 aromatic carbocycles. The molecule has 110 valence electrons. The van der Waals surface area contributed by atoms with Crippen LogP contribution in [0.15, 0.2) is 4.99 Å². The first kappa shape index (κ1) is 16.2. The van der Waals surface area contributed by atoms with Crippen molar-refractivity contribution in [2.45, 2.75) is 37.0 Å². The molecule has 1 fully saturated rings. The van der Waals surface area contributed by atoms with Gasteiger partial charge in [-0.15, -0.1) is 0 Å². The van der Waals surface area contributed by atoms with Crippen molar-refractivity contribution in [1.82, 2.24) is 0 Å². The summed E-state index contributed by atoms with van der Waals surface area (Å²) in [5.74, 6) is -0.0900. The van der Waals surface area contributed by atoms with Gasteiger partial charge >= 0.3 is 5.97 Å². The fraction of sp³-hybridized carbons (Fsp3) is 0.800. The van der Waals surface area contributed by atoms with Crippen molar-refractivity contribution in [2.75, 3.05) is 11.5 Å². The van der Waals surface area contributed by atoms with Gasteiger partial charge in [-0.2, -0.15) is 11.8 Å². The Hall–Kier alpha value is -0.870. The molecule has 7 N–H and O–H groups in total. The largest absolute Gasteiger partial charge is 0.480 e. The van der Waals surface area contributed by atoms with Gasteiger partial charge in [-0.05, 0) is 12.2 Å². The monoisotopic (exact) mass is 293 g/mol. The van der Waals surface area contributed by atoms with E-state index in [0.717, 1.165) is 6.34 Å². The van der Waals surface area contributed by atoms with Crippen molar-refractivity contribution in [1.29, 1.82) is 0 Å². The molecule has 0 aromatic heterocycles. The van der Waals surface area contributed by atoms with E-state index in [1.54, 1.807) is 0 Å². The predicted octanol–water partition coefficient (Wildman–Crippen LogP) is -2.04. The average molecular weight is 293 g/mol. The van der Waals surface area contributed by atoms with Crippen molar-refractivity contribution < 1.29 is 24.9 Å². The van der Waals surface area contributed by atoms with E-state index in [1.807, 2.05) is 0 Å². The van der Waals surface area contributed by atoms with Crippen LogP contribution in [-0.4, -0.2) is 69.7 Å². The second-order valence-corrected chi connectivity index (χ2v) is 5.30. The van der Waals surface area contributed by atoms with Crippen molar-refractivity contribution in [3.05, 3.63) is 0 Å². The molecule has 0 saturated carbocycles. The zero-order valence-electron chi connectivity index (χ0n) is 10.3. The van der Waals surface area contributed by atoms with E-state index in [2.05, 4.69) is 4.99 Å². The van der Waals surface area contributed by atoms with Gasteiger partial charge < -0.3 is 31.5 Å². The fourth-order valence-electron chi connectivity index (χ4n) is 1.61. The zero-order valence-corrected chi connectivity index (χ0v) is 11.1. The molecule has 1 saturated heterocycles. The van der Waals surface area contributed by atoms with E-state index in [1.165, 1.54) is 11.8 Å². The Balaban J connectivity index is 2.28. The van der Waals surface area contributed by atoms with Crippen LogP contribution in [0.5, 0.6) is 0 Å². The SMILES string of the molecule is NC=N[C@@H]1O[C@H](CSCC[C@H](N)C(=O)O)C(O)[C@@H]1O. The van der Waals surface area contributed by atoms with Gasteiger partial charge in [-0.3, -0.25) is 4.79 Å². The summed E-state index contributed by atoms with van der Waals surface area (Å²) in [4.78, 5) is 14.2. The highest BCUT2D eigenvalue weighted by Gasteiger charge is 2.42. The molecule has 0 aromatic rings. The minimum atomic E-state index is -1.10. The Morgan fingerprint density at radius 1 is 1.47 bits per heavy atom. The minimum absolute atomic E-state index is 0.329. The summed E-state index contributed by atoms with van der Waals surface area (Å²) in [5, 5.41) is 28.0. The third kappa shape index (κ3) is 4.62. The molecular weight excluding hydrogens is 274 g/mol. The number of aliphatic carboxylic acids is 1. The molecule has 19 heavy (non-hydrogen) atoms. The molecule has 1 unspecified atom stereocenters. The van der Waals surface area contributed by atoms with Crippen LogP contribution in [0.25, 0.3) is 0 Å². The first-order chi connectivity index (χ1) is 8.97. The second kappa shape index (κ2) is 7.65. The van der Waals surface area contributed by atoms with Crippen LogP contribution in [0, 0.1) is 0 Å². The van der Waals surface area contributed by atoms with Crippen molar-refractivity contribution >= 4 is 24.1 Å². The van der Waals surface area contributed by atoms with Crippen LogP contribution >= 0.6 is 11.8 Å². The Morgan fingerprint density at radius 3 is 2.74 bits per heavy atom. The molecule has 0 aliphatic carbocycles. The number of aliphatic imine (C=N–C) groups is 1. The van der Waals surface area contributed by atoms with E-state index in [-0.39, 0.29) is 0 Å². The van der Waals surface area contributed by atoms with Gasteiger partial charge in [-0.25, -0.2) is 4.99 Å². The number of carboxylic acids is 1. The lowest BCUT2D eigenvalue weighted by Gasteiger charge is -2.14. The number of nitrogens with two attached hydrogens (primary N) is 2. The lowest BCUT2D eigenvalue weighted by atomic mass is 10.1. The molecule has 8 nitrogen and oxygen atoms in total. The summed E-state index contributed by atoms with van der Waals surface area (Å²) in [7, 11) is 0. The van der Waals surface area contributed by atoms with Crippen LogP contribution in [0.1, 0.15) is 6.42 Å². The summed E-state index contributed by atoms with van der Waals surface area (Å²) in [5.41, 5.74) is 10.5. The minimum Gasteiger partial charge on any atom is -0.480 e. The number of ether oxygens (including phenoxy) is 1. The number of aliphatic hydroxyl groups is 2. The summed E-state index contributed by atoms with van der Waals surface area (Å²) in [6, 6.07) is -0.887. The number of hydrogen-bond donors (Lipinski definition) is 5. The third-order valence-corrected chi connectivity index (χ3v) is 3.83. The number of carbonyl (C=O) groups is 1. The fourth-order valence-corrected chi connectivity index (χ4v) is 2.70. The maximum atomic E-state index is 10.5. The van der Waals surface area contributed by atoms with Gasteiger partial charge in [0.2, 0.25) is 0 Å². The van der Waals surface area contributed by atoms with Gasteiger partial charge in [0, 0.05) is 5.75 Å². The number of rotatable bonds is 7. The van der Waals surface area contributed by atoms with Gasteiger partial charge in [0.25, 0.3) is 0 Å². The Kier molecular flexibility index (Phi) is 6.52. The van der Waals surface area contributed by atoms with Crippen molar-refractivity contribution in [2.24, 2.45) is 16.5 Å². The van der Waals surface area contributed by atoms with Crippen LogP contribution in [-0.2, 0) is 9.53 Å². The summed E-state index contributed by atoms with van der Waals surface area (Å²) in [6.07, 6.45) is -2.21. The topological polar surface area (TPSA) is 151 Å². The highest BCUT2D eigenvalue weighted by Crippen LogP contribution is 2.25. The summed E-state index contributed by atoms with van der Waals surface area (Å²) in [6.45, 7) is 0. The van der Waals surface area contributed by atoms with Crippen LogP contribution < -0.4 is 11.5 Å². The standard InChI is InChI=1S/C10H19N3O5S/c11-4-13-9-8(15)7(14)6(18-9)3-19-2-1-5(12)10(16)17/h4-9,14-15H,1-3,12H2,(H2,11,13)(H,16,17)/t5-,6+,7?,8-,9+/m0/s1. The van der Waals surface area contributed by atoms with Gasteiger partial charge in [0.05, 0.1) is 12.4 Å². The third-order valence-electron chi connectivity index (χ3n) is 2.74. The number of hydrogen-bond acceptors (Lipinski definition) is 7. The van der Waals surface area contributed by atoms with E-state index in [9.17, 15) is 15.0 Å². The number of aliphatic hydroxyl groups excluding tert-OH is 2. The number of carboxylic acid groups (broad SMARTS) is 1. The van der Waals surface area contributed by atoms with Gasteiger partial charge in [0.1, 0.15) is 18.2 Å². The van der Waals surface area contributed by atoms with E-state index < -0.39 is 36.6 Å². The first-order valence-corrected chi connectivity index (χ1v) is 6.94. The van der Waals surface area contributed by atoms with Crippen molar-refractivity contribution in [3.8, 4) is 0 Å². The predicted molar refractivity (Wildman–Crippen MR) is 70.9 cm³/mol. The number of nitrogens with zero attached hydrogens (tertiary/aromatic N) is 1. The Bertz CT molecular complexity index is 330. The average Bonchev–Trinajstić information content (AvgIpc) is 2.63. The smallest absolute Gasteiger partial charge is 0.320 e. The quantitative estimate of drug-likeness (QED) is 0.204. The Labute approximate surface area is 114 Å². The molecule has 1 heterocycles. The normalized spacial score (nSPS) is 32.8. The van der Waals surface area contributed by atoms with E-state index in [4.69, 9.17) is 21.3 Å². The van der Waals surface area contributed by atoms with Crippen LogP contribution in [0.4, 0.5) is 0 Å². The van der Waals surface area contributed by atoms with Gasteiger partial charge in [-0.1, -0.05) is 0 Å². The molecule has 1 aliphatic rings. The molecule has 0 bridgehead atoms. The highest BCUT2D eigenvalue weighted by molar-refractivity contribution is 7.99. The first-order valence-electron chi connectivity index (χ1n) is 5.78. The lowest BCUT2D eigenvalue weighted by Crippen LogP contribution is -2.33. The molecular formula is C10H19N3O5S. The van der Waals surface area contributed by atoms with Crippen LogP contribution in [0.2, 0.25) is 0 Å². The number of thioether (sulfide) groups is 1. The second-order valence-electron chi connectivity index (χ2n) is 4.15. The van der Waals surface area contributed by atoms with Gasteiger partial charge in [0.15, 0.2) is 6.23 Å². The molecule has 1 rings (SSSR count). The van der Waals surface area contributed by atoms with Crippen LogP contribution in [0.3, 0.4) is 0 Å². The van der Waals surface area contributed by atoms with E-state index in [0.29, 0.717) is 17.9 Å². The Morgan fingerprint density at radius 2 is 2.16 bits per heavy atom. The zero-order chi connectivity index (χ0) is 14.4. The summed E-state index contributed by atoms with van der Waals surface area (Å²) < 4.78 is 5.33. The van der Waals surface area contributed by atoms with E-state index >= 15 is 0 Å². The molecule has 0 spiro atoms. The lowest BCUT2D eigenvalue weighted by molar-refractivity contribution is -0.138. The maximum Gasteiger partial charge on any atom is 0.320 e.